The molecular formula is C21H27ClN4O3. The van der Waals surface area contributed by atoms with Gasteiger partial charge in [0.25, 0.3) is 5.91 Å². The number of carbonyl (C=O) groups is 1. The highest BCUT2D eigenvalue weighted by atomic mass is 35.5. The molecule has 0 unspecified atom stereocenters. The van der Waals surface area contributed by atoms with Gasteiger partial charge in [0.05, 0.1) is 17.2 Å². The van der Waals surface area contributed by atoms with Crippen LogP contribution in [0.3, 0.4) is 0 Å². The van der Waals surface area contributed by atoms with Crippen molar-refractivity contribution in [2.24, 2.45) is 4.99 Å². The molecule has 0 saturated carbocycles. The molecule has 0 aromatic heterocycles. The summed E-state index contributed by atoms with van der Waals surface area (Å²) in [5, 5.41) is 9.61. The number of carbonyl (C=O) groups excluding carboxylic acids is 1. The van der Waals surface area contributed by atoms with E-state index in [0.29, 0.717) is 42.8 Å². The van der Waals surface area contributed by atoms with Crippen LogP contribution in [0.2, 0.25) is 5.02 Å². The summed E-state index contributed by atoms with van der Waals surface area (Å²) in [6.45, 7) is 2.19. The zero-order chi connectivity index (χ0) is 20.9. The lowest BCUT2D eigenvalue weighted by Gasteiger charge is -2.13. The normalized spacial score (nSPS) is 11.1. The van der Waals surface area contributed by atoms with Crippen LogP contribution in [0.5, 0.6) is 5.75 Å². The smallest absolute Gasteiger partial charge is 0.252 e. The summed E-state index contributed by atoms with van der Waals surface area (Å²) in [5.74, 6) is 1.15. The second-order valence-corrected chi connectivity index (χ2v) is 6.49. The summed E-state index contributed by atoms with van der Waals surface area (Å²) >= 11 is 6.03. The van der Waals surface area contributed by atoms with E-state index in [4.69, 9.17) is 21.1 Å². The number of ether oxygens (including phenoxy) is 2. The van der Waals surface area contributed by atoms with Gasteiger partial charge in [0.15, 0.2) is 5.96 Å². The Balaban J connectivity index is 1.76. The average Bonchev–Trinajstić information content (AvgIpc) is 2.74. The van der Waals surface area contributed by atoms with Gasteiger partial charge in [-0.3, -0.25) is 9.79 Å². The summed E-state index contributed by atoms with van der Waals surface area (Å²) < 4.78 is 10.7. The molecule has 2 rings (SSSR count). The molecule has 0 atom stereocenters. The molecule has 0 aliphatic heterocycles. The van der Waals surface area contributed by atoms with Crippen LogP contribution in [0, 0.1) is 0 Å². The van der Waals surface area contributed by atoms with Gasteiger partial charge in [0.1, 0.15) is 5.75 Å². The molecule has 3 N–H and O–H groups in total. The predicted octanol–water partition coefficient (Wildman–Crippen LogP) is 3.17. The van der Waals surface area contributed by atoms with Gasteiger partial charge in [0.2, 0.25) is 0 Å². The highest BCUT2D eigenvalue weighted by Crippen LogP contribution is 2.17. The van der Waals surface area contributed by atoms with E-state index in [0.717, 1.165) is 17.9 Å². The second kappa shape index (κ2) is 12.6. The van der Waals surface area contributed by atoms with Crippen LogP contribution in [0.4, 0.5) is 5.69 Å². The molecule has 0 aliphatic carbocycles. The van der Waals surface area contributed by atoms with Crippen molar-refractivity contribution in [2.45, 2.75) is 6.42 Å². The Labute approximate surface area is 176 Å². The fraction of sp³-hybridized carbons (Fsp3) is 0.333. The van der Waals surface area contributed by atoms with Crippen molar-refractivity contribution < 1.29 is 14.3 Å². The molecule has 0 radical (unpaired) electrons. The van der Waals surface area contributed by atoms with Crippen LogP contribution in [0.1, 0.15) is 16.8 Å². The third-order valence-corrected chi connectivity index (χ3v) is 4.23. The van der Waals surface area contributed by atoms with Crippen LogP contribution in [-0.4, -0.2) is 52.3 Å². The Bertz CT molecular complexity index is 814. The summed E-state index contributed by atoms with van der Waals surface area (Å²) in [5.41, 5.74) is 1.31. The van der Waals surface area contributed by atoms with Crippen LogP contribution < -0.4 is 20.7 Å². The monoisotopic (exact) mass is 418 g/mol. The highest BCUT2D eigenvalue weighted by molar-refractivity contribution is 6.33. The molecular weight excluding hydrogens is 392 g/mol. The lowest BCUT2D eigenvalue weighted by molar-refractivity contribution is 0.0954. The number of methoxy groups -OCH3 is 1. The number of halogens is 1. The minimum absolute atomic E-state index is 0.210. The Kier molecular flexibility index (Phi) is 9.82. The maximum absolute atomic E-state index is 12.1. The van der Waals surface area contributed by atoms with Crippen molar-refractivity contribution in [3.05, 3.63) is 59.1 Å². The zero-order valence-corrected chi connectivity index (χ0v) is 17.5. The van der Waals surface area contributed by atoms with E-state index in [1.54, 1.807) is 38.4 Å². The van der Waals surface area contributed by atoms with E-state index >= 15 is 0 Å². The van der Waals surface area contributed by atoms with Crippen molar-refractivity contribution in [3.8, 4) is 5.75 Å². The molecule has 0 saturated heterocycles. The first-order valence-corrected chi connectivity index (χ1v) is 9.74. The SMILES string of the molecule is CN=C(NCCNC(=O)c1ccccc1Cl)Nc1cccc(OCCCOC)c1. The third-order valence-electron chi connectivity index (χ3n) is 3.90. The Morgan fingerprint density at radius 3 is 2.62 bits per heavy atom. The van der Waals surface area contributed by atoms with Crippen LogP contribution >= 0.6 is 11.6 Å². The maximum atomic E-state index is 12.1. The fourth-order valence-electron chi connectivity index (χ4n) is 2.47. The number of hydrogen-bond acceptors (Lipinski definition) is 4. The number of nitrogens with one attached hydrogen (secondary N) is 3. The highest BCUT2D eigenvalue weighted by Gasteiger charge is 2.08. The first-order chi connectivity index (χ1) is 14.1. The Morgan fingerprint density at radius 1 is 1.07 bits per heavy atom. The summed E-state index contributed by atoms with van der Waals surface area (Å²) in [6, 6.07) is 14.6. The zero-order valence-electron chi connectivity index (χ0n) is 16.7. The maximum Gasteiger partial charge on any atom is 0.252 e. The lowest BCUT2D eigenvalue weighted by Crippen LogP contribution is -2.37. The van der Waals surface area contributed by atoms with Gasteiger partial charge in [-0.2, -0.15) is 0 Å². The molecule has 7 nitrogen and oxygen atoms in total. The molecule has 156 valence electrons. The fourth-order valence-corrected chi connectivity index (χ4v) is 2.69. The van der Waals surface area contributed by atoms with E-state index < -0.39 is 0 Å². The Hall–Kier alpha value is -2.77. The van der Waals surface area contributed by atoms with E-state index in [9.17, 15) is 4.79 Å². The lowest BCUT2D eigenvalue weighted by atomic mass is 10.2. The van der Waals surface area contributed by atoms with Gasteiger partial charge >= 0.3 is 0 Å². The standard InChI is InChI=1S/C21H27ClN4O3/c1-23-21(25-12-11-24-20(27)18-9-3-4-10-19(18)22)26-16-7-5-8-17(15-16)29-14-6-13-28-2/h3-5,7-10,15H,6,11-14H2,1-2H3,(H,24,27)(H2,23,25,26). The second-order valence-electron chi connectivity index (χ2n) is 6.08. The number of amides is 1. The van der Waals surface area contributed by atoms with Crippen LogP contribution in [0.25, 0.3) is 0 Å². The van der Waals surface area contributed by atoms with Crippen molar-refractivity contribution in [3.63, 3.8) is 0 Å². The average molecular weight is 419 g/mol. The van der Waals surface area contributed by atoms with Crippen molar-refractivity contribution in [2.75, 3.05) is 45.8 Å². The molecule has 2 aromatic carbocycles. The molecule has 0 aliphatic rings. The van der Waals surface area contributed by atoms with E-state index in [-0.39, 0.29) is 5.91 Å². The summed E-state index contributed by atoms with van der Waals surface area (Å²) in [4.78, 5) is 16.3. The molecule has 29 heavy (non-hydrogen) atoms. The molecule has 8 heteroatoms. The minimum Gasteiger partial charge on any atom is -0.493 e. The van der Waals surface area contributed by atoms with E-state index in [2.05, 4.69) is 20.9 Å². The van der Waals surface area contributed by atoms with E-state index in [1.807, 2.05) is 24.3 Å². The number of rotatable bonds is 10. The molecule has 1 amide bonds. The van der Waals surface area contributed by atoms with Gasteiger partial charge < -0.3 is 25.4 Å². The number of anilines is 1. The summed E-state index contributed by atoms with van der Waals surface area (Å²) in [7, 11) is 3.36. The van der Waals surface area contributed by atoms with Crippen molar-refractivity contribution in [1.29, 1.82) is 0 Å². The van der Waals surface area contributed by atoms with E-state index in [1.165, 1.54) is 0 Å². The molecule has 0 spiro atoms. The van der Waals surface area contributed by atoms with Gasteiger partial charge in [-0.15, -0.1) is 0 Å². The van der Waals surface area contributed by atoms with Crippen LogP contribution in [-0.2, 0) is 4.74 Å². The largest absolute Gasteiger partial charge is 0.493 e. The number of benzene rings is 2. The number of guanidine groups is 1. The van der Waals surface area contributed by atoms with Gasteiger partial charge in [-0.05, 0) is 24.3 Å². The molecule has 0 bridgehead atoms. The minimum atomic E-state index is -0.210. The quantitative estimate of drug-likeness (QED) is 0.313. The molecule has 0 fully saturated rings. The number of nitrogens with zero attached hydrogens (tertiary/aromatic N) is 1. The van der Waals surface area contributed by atoms with Crippen LogP contribution in [0.15, 0.2) is 53.5 Å². The van der Waals surface area contributed by atoms with Gasteiger partial charge in [0, 0.05) is 52.0 Å². The predicted molar refractivity (Wildman–Crippen MR) is 117 cm³/mol. The van der Waals surface area contributed by atoms with Crippen molar-refractivity contribution in [1.82, 2.24) is 10.6 Å². The first kappa shape index (κ1) is 22.5. The van der Waals surface area contributed by atoms with Gasteiger partial charge in [-0.25, -0.2) is 0 Å². The summed E-state index contributed by atoms with van der Waals surface area (Å²) in [6.07, 6.45) is 0.831. The number of hydrogen-bond donors (Lipinski definition) is 3. The third kappa shape index (κ3) is 8.01. The van der Waals surface area contributed by atoms with Gasteiger partial charge in [-0.1, -0.05) is 29.8 Å². The Morgan fingerprint density at radius 2 is 1.86 bits per heavy atom. The van der Waals surface area contributed by atoms with Crippen molar-refractivity contribution >= 4 is 29.2 Å². The molecule has 0 heterocycles. The first-order valence-electron chi connectivity index (χ1n) is 9.36. The topological polar surface area (TPSA) is 84.0 Å². The molecule has 2 aromatic rings. The number of aliphatic imine (C=N–C) groups is 1.